The molecule has 0 aromatic heterocycles. The Balaban J connectivity index is 1.11. The third-order valence-corrected chi connectivity index (χ3v) is 13.3. The third kappa shape index (κ3) is 6.55. The summed E-state index contributed by atoms with van der Waals surface area (Å²) in [5, 5.41) is 4.40. The van der Waals surface area contributed by atoms with Crippen LogP contribution in [-0.4, -0.2) is 17.7 Å². The molecule has 42 heavy (non-hydrogen) atoms. The number of carbonyl (C=O) groups excluding carboxylic acids is 2. The van der Waals surface area contributed by atoms with Gasteiger partial charge < -0.3 is 0 Å². The maximum atomic E-state index is 13.0. The molecule has 0 aliphatic heterocycles. The highest BCUT2D eigenvalue weighted by Gasteiger charge is 2.44. The van der Waals surface area contributed by atoms with Crippen LogP contribution in [0.25, 0.3) is 0 Å². The Morgan fingerprint density at radius 3 is 1.31 bits per heavy atom. The Labute approximate surface area is 252 Å². The van der Waals surface area contributed by atoms with Gasteiger partial charge in [-0.1, -0.05) is 111 Å². The molecule has 0 fully saturated rings. The molecule has 1 aliphatic carbocycles. The minimum Gasteiger partial charge on any atom is -0.289 e. The Hall–Kier alpha value is -3.61. The zero-order valence-corrected chi connectivity index (χ0v) is 25.7. The second kappa shape index (κ2) is 14.5. The van der Waals surface area contributed by atoms with E-state index in [2.05, 4.69) is 91.0 Å². The van der Waals surface area contributed by atoms with E-state index in [0.29, 0.717) is 23.1 Å². The number of Topliss-reactive ketones (excluding diaryl/α,β-unsaturated/α-hetero) is 2. The van der Waals surface area contributed by atoms with Crippen molar-refractivity contribution in [2.45, 2.75) is 64.7 Å². The van der Waals surface area contributed by atoms with Gasteiger partial charge in [-0.3, -0.25) is 9.59 Å². The molecule has 2 nitrogen and oxygen atoms in total. The van der Waals surface area contributed by atoms with Gasteiger partial charge in [-0.05, 0) is 69.0 Å². The number of rotatable bonds is 14. The first kappa shape index (κ1) is 29.9. The number of ketones is 2. The molecule has 0 saturated carbocycles. The van der Waals surface area contributed by atoms with Crippen LogP contribution in [0.5, 0.6) is 0 Å². The fraction of sp³-hybridized carbons (Fsp3) is 0.282. The van der Waals surface area contributed by atoms with Crippen LogP contribution in [0.2, 0.25) is 0 Å². The van der Waals surface area contributed by atoms with E-state index < -0.39 is 7.26 Å². The van der Waals surface area contributed by atoms with Crippen LogP contribution >= 0.6 is 7.26 Å². The lowest BCUT2D eigenvalue weighted by molar-refractivity contribution is 0.0971. The van der Waals surface area contributed by atoms with Gasteiger partial charge in [0.05, 0.1) is 6.16 Å². The third-order valence-electron chi connectivity index (χ3n) is 8.74. The van der Waals surface area contributed by atoms with Gasteiger partial charge in [-0.15, -0.1) is 0 Å². The lowest BCUT2D eigenvalue weighted by Gasteiger charge is -2.27. The van der Waals surface area contributed by atoms with Crippen molar-refractivity contribution >= 4 is 34.7 Å². The van der Waals surface area contributed by atoms with Crippen LogP contribution in [0.15, 0.2) is 126 Å². The van der Waals surface area contributed by atoms with E-state index in [1.807, 2.05) is 19.1 Å². The summed E-state index contributed by atoms with van der Waals surface area (Å²) < 4.78 is 0. The second-order valence-corrected chi connectivity index (χ2v) is 15.0. The molecule has 214 valence electrons. The molecule has 0 heterocycles. The first-order valence-electron chi connectivity index (χ1n) is 15.6. The summed E-state index contributed by atoms with van der Waals surface area (Å²) in [5.41, 5.74) is 2.49. The molecule has 1 aliphatic rings. The van der Waals surface area contributed by atoms with Crippen molar-refractivity contribution in [1.29, 1.82) is 0 Å². The lowest BCUT2D eigenvalue weighted by Crippen LogP contribution is -2.33. The van der Waals surface area contributed by atoms with E-state index in [-0.39, 0.29) is 11.6 Å². The van der Waals surface area contributed by atoms with Gasteiger partial charge in [0.15, 0.2) is 11.6 Å². The molecule has 0 amide bonds. The molecule has 3 heteroatoms. The van der Waals surface area contributed by atoms with Crippen LogP contribution < -0.4 is 15.9 Å². The fourth-order valence-corrected chi connectivity index (χ4v) is 10.9. The largest absolute Gasteiger partial charge is 0.289 e. The highest BCUT2D eigenvalue weighted by molar-refractivity contribution is 7.95. The number of hydrogen-bond acceptors (Lipinski definition) is 2. The maximum Gasteiger partial charge on any atom is 0.190 e. The molecule has 0 radical (unpaired) electrons. The maximum absolute atomic E-state index is 13.0. The molecule has 4 aromatic carbocycles. The molecule has 5 rings (SSSR count). The predicted molar refractivity (Wildman–Crippen MR) is 179 cm³/mol. The standard InChI is InChI=1S/C39H42O2P/c1-31-35(39(41)37-29-19-18-28-36(37)38(31)40)27-17-6-4-2-3-5-7-20-30-42(32-21-11-8-12-22-32,33-23-13-9-14-24-33)34-25-15-10-16-26-34/h8-16,18-19,21-26,28-29H,2-7,17,20,27,30H2,1H3/q+1. The molecular formula is C39H42O2P+. The van der Waals surface area contributed by atoms with Crippen LogP contribution in [-0.2, 0) is 0 Å². The SMILES string of the molecule is CC1=C(CCCCCCCCCC[P+](c2ccccc2)(c2ccccc2)c2ccccc2)C(=O)c2ccccc2C1=O. The van der Waals surface area contributed by atoms with Crippen molar-refractivity contribution in [1.82, 2.24) is 0 Å². The number of carbonyl (C=O) groups is 2. The smallest absolute Gasteiger partial charge is 0.190 e. The topological polar surface area (TPSA) is 34.1 Å². The summed E-state index contributed by atoms with van der Waals surface area (Å²) in [4.78, 5) is 25.7. The zero-order valence-electron chi connectivity index (χ0n) is 24.8. The fourth-order valence-electron chi connectivity index (χ4n) is 6.45. The molecule has 4 aromatic rings. The number of allylic oxidation sites excluding steroid dienone is 2. The van der Waals surface area contributed by atoms with Crippen LogP contribution in [0.1, 0.15) is 85.4 Å². The van der Waals surface area contributed by atoms with E-state index in [0.717, 1.165) is 18.4 Å². The average molecular weight is 574 g/mol. The molecule has 0 spiro atoms. The van der Waals surface area contributed by atoms with Gasteiger partial charge >= 0.3 is 0 Å². The molecule has 0 N–H and O–H groups in total. The van der Waals surface area contributed by atoms with E-state index in [4.69, 9.17) is 0 Å². The van der Waals surface area contributed by atoms with Crippen molar-refractivity contribution < 1.29 is 9.59 Å². The molecule has 0 bridgehead atoms. The van der Waals surface area contributed by atoms with E-state index >= 15 is 0 Å². The molecular weight excluding hydrogens is 531 g/mol. The van der Waals surface area contributed by atoms with E-state index in [1.165, 1.54) is 60.6 Å². The van der Waals surface area contributed by atoms with Crippen molar-refractivity contribution in [3.05, 3.63) is 138 Å². The summed E-state index contributed by atoms with van der Waals surface area (Å²) in [5.74, 6) is 0.0570. The molecule has 0 unspecified atom stereocenters. The normalized spacial score (nSPS) is 13.4. The highest BCUT2D eigenvalue weighted by atomic mass is 31.2. The van der Waals surface area contributed by atoms with Crippen molar-refractivity contribution in [2.75, 3.05) is 6.16 Å². The van der Waals surface area contributed by atoms with Gasteiger partial charge in [-0.2, -0.15) is 0 Å². The van der Waals surface area contributed by atoms with Gasteiger partial charge in [0.1, 0.15) is 23.2 Å². The minimum absolute atomic E-state index is 0.0125. The quantitative estimate of drug-likeness (QED) is 0.112. The van der Waals surface area contributed by atoms with Crippen LogP contribution in [0.4, 0.5) is 0 Å². The first-order chi connectivity index (χ1) is 20.6. The average Bonchev–Trinajstić information content (AvgIpc) is 3.05. The summed E-state index contributed by atoms with van der Waals surface area (Å²) in [6.45, 7) is 1.82. The van der Waals surface area contributed by atoms with E-state index in [1.54, 1.807) is 12.1 Å². The van der Waals surface area contributed by atoms with Crippen LogP contribution in [0.3, 0.4) is 0 Å². The Kier molecular flexibility index (Phi) is 10.3. The number of hydrogen-bond donors (Lipinski definition) is 0. The predicted octanol–water partition coefficient (Wildman–Crippen LogP) is 8.89. The Morgan fingerprint density at radius 2 is 0.833 bits per heavy atom. The Morgan fingerprint density at radius 1 is 0.452 bits per heavy atom. The molecule has 0 saturated heterocycles. The first-order valence-corrected chi connectivity index (χ1v) is 17.5. The van der Waals surface area contributed by atoms with Crippen molar-refractivity contribution in [3.63, 3.8) is 0 Å². The summed E-state index contributed by atoms with van der Waals surface area (Å²) in [6, 6.07) is 40.7. The van der Waals surface area contributed by atoms with Gasteiger partial charge in [0.25, 0.3) is 0 Å². The lowest BCUT2D eigenvalue weighted by atomic mass is 9.82. The van der Waals surface area contributed by atoms with E-state index in [9.17, 15) is 9.59 Å². The van der Waals surface area contributed by atoms with Crippen molar-refractivity contribution in [3.8, 4) is 0 Å². The summed E-state index contributed by atoms with van der Waals surface area (Å²) in [6.07, 6.45) is 11.3. The number of benzene rings is 4. The molecule has 0 atom stereocenters. The Bertz CT molecular complexity index is 1410. The summed E-state index contributed by atoms with van der Waals surface area (Å²) >= 11 is 0. The van der Waals surface area contributed by atoms with Gasteiger partial charge in [0, 0.05) is 22.3 Å². The minimum atomic E-state index is -1.73. The van der Waals surface area contributed by atoms with Crippen LogP contribution in [0, 0.1) is 0 Å². The highest BCUT2D eigenvalue weighted by Crippen LogP contribution is 2.56. The number of unbranched alkanes of at least 4 members (excludes halogenated alkanes) is 7. The van der Waals surface area contributed by atoms with Gasteiger partial charge in [-0.25, -0.2) is 0 Å². The zero-order chi connectivity index (χ0) is 29.2. The van der Waals surface area contributed by atoms with Gasteiger partial charge in [0.2, 0.25) is 0 Å². The monoisotopic (exact) mass is 573 g/mol. The second-order valence-electron chi connectivity index (χ2n) is 11.4. The summed E-state index contributed by atoms with van der Waals surface area (Å²) in [7, 11) is -1.73. The van der Waals surface area contributed by atoms with Crippen molar-refractivity contribution in [2.24, 2.45) is 0 Å². The number of fused-ring (bicyclic) bond motifs is 1.